The standard InChI is InChI=1S/C16H31N3O4/c1-15(2,3)22-13(20)12(17)10-9-18-8-7-11(10)19-14(21)23-16(4,5)6/h10-12,18H,7-9,17H2,1-6H3,(H,19,21). The van der Waals surface area contributed by atoms with Gasteiger partial charge in [-0.05, 0) is 54.5 Å². The molecule has 0 aromatic heterocycles. The van der Waals surface area contributed by atoms with Gasteiger partial charge in [0.05, 0.1) is 0 Å². The van der Waals surface area contributed by atoms with Gasteiger partial charge in [0.1, 0.15) is 17.2 Å². The molecule has 134 valence electrons. The van der Waals surface area contributed by atoms with Crippen LogP contribution < -0.4 is 16.4 Å². The summed E-state index contributed by atoms with van der Waals surface area (Å²) >= 11 is 0. The van der Waals surface area contributed by atoms with E-state index in [0.29, 0.717) is 13.0 Å². The molecule has 0 aromatic rings. The molecule has 0 aromatic carbocycles. The van der Waals surface area contributed by atoms with Crippen molar-refractivity contribution in [3.63, 3.8) is 0 Å². The average molecular weight is 329 g/mol. The fraction of sp³-hybridized carbons (Fsp3) is 0.875. The zero-order valence-electron chi connectivity index (χ0n) is 15.1. The van der Waals surface area contributed by atoms with Crippen molar-refractivity contribution in [1.29, 1.82) is 0 Å². The molecule has 0 saturated carbocycles. The summed E-state index contributed by atoms with van der Waals surface area (Å²) in [4.78, 5) is 24.2. The lowest BCUT2D eigenvalue weighted by atomic mass is 9.87. The zero-order valence-corrected chi connectivity index (χ0v) is 15.1. The van der Waals surface area contributed by atoms with Gasteiger partial charge in [-0.1, -0.05) is 0 Å². The van der Waals surface area contributed by atoms with Gasteiger partial charge in [0.2, 0.25) is 0 Å². The number of ether oxygens (including phenoxy) is 2. The third-order valence-corrected chi connectivity index (χ3v) is 3.37. The number of rotatable bonds is 3. The normalized spacial score (nSPS) is 23.8. The molecule has 7 nitrogen and oxygen atoms in total. The van der Waals surface area contributed by atoms with Crippen molar-refractivity contribution in [2.45, 2.75) is 71.2 Å². The number of nitrogens with one attached hydrogen (secondary N) is 2. The predicted octanol–water partition coefficient (Wildman–Crippen LogP) is 1.16. The molecule has 1 heterocycles. The van der Waals surface area contributed by atoms with Gasteiger partial charge < -0.3 is 25.8 Å². The van der Waals surface area contributed by atoms with Crippen molar-refractivity contribution < 1.29 is 19.1 Å². The molecule has 1 saturated heterocycles. The molecule has 0 radical (unpaired) electrons. The van der Waals surface area contributed by atoms with Crippen LogP contribution in [0.2, 0.25) is 0 Å². The third-order valence-electron chi connectivity index (χ3n) is 3.37. The second-order valence-corrected chi connectivity index (χ2v) is 7.97. The van der Waals surface area contributed by atoms with Crippen LogP contribution in [0.1, 0.15) is 48.0 Å². The van der Waals surface area contributed by atoms with Gasteiger partial charge in [-0.3, -0.25) is 4.79 Å². The van der Waals surface area contributed by atoms with Crippen LogP contribution in [0, 0.1) is 5.92 Å². The molecule has 3 atom stereocenters. The Hall–Kier alpha value is -1.34. The molecule has 4 N–H and O–H groups in total. The van der Waals surface area contributed by atoms with Crippen LogP contribution in [0.15, 0.2) is 0 Å². The van der Waals surface area contributed by atoms with Gasteiger partial charge >= 0.3 is 12.1 Å². The van der Waals surface area contributed by atoms with E-state index in [-0.39, 0.29) is 12.0 Å². The smallest absolute Gasteiger partial charge is 0.407 e. The van der Waals surface area contributed by atoms with Crippen LogP contribution in [-0.2, 0) is 14.3 Å². The van der Waals surface area contributed by atoms with E-state index >= 15 is 0 Å². The molecule has 1 aliphatic heterocycles. The van der Waals surface area contributed by atoms with Crippen LogP contribution in [-0.4, -0.2) is 48.4 Å². The Labute approximate surface area is 138 Å². The molecule has 1 rings (SSSR count). The molecular formula is C16H31N3O4. The predicted molar refractivity (Wildman–Crippen MR) is 88.0 cm³/mol. The number of carbonyl (C=O) groups is 2. The highest BCUT2D eigenvalue weighted by Gasteiger charge is 2.37. The number of nitrogens with two attached hydrogens (primary N) is 1. The highest BCUT2D eigenvalue weighted by Crippen LogP contribution is 2.19. The minimum Gasteiger partial charge on any atom is -0.459 e. The van der Waals surface area contributed by atoms with Crippen molar-refractivity contribution in [3.8, 4) is 0 Å². The number of alkyl carbamates (subject to hydrolysis) is 1. The van der Waals surface area contributed by atoms with Crippen molar-refractivity contribution in [2.24, 2.45) is 11.7 Å². The summed E-state index contributed by atoms with van der Waals surface area (Å²) in [7, 11) is 0. The molecule has 3 unspecified atom stereocenters. The van der Waals surface area contributed by atoms with Crippen molar-refractivity contribution >= 4 is 12.1 Å². The summed E-state index contributed by atoms with van der Waals surface area (Å²) in [6.45, 7) is 12.1. The maximum absolute atomic E-state index is 12.2. The number of hydrogen-bond acceptors (Lipinski definition) is 6. The lowest BCUT2D eigenvalue weighted by Crippen LogP contribution is -2.58. The van der Waals surface area contributed by atoms with Gasteiger partial charge in [-0.15, -0.1) is 0 Å². The van der Waals surface area contributed by atoms with Gasteiger partial charge in [-0.2, -0.15) is 0 Å². The van der Waals surface area contributed by atoms with Crippen LogP contribution >= 0.6 is 0 Å². The van der Waals surface area contributed by atoms with E-state index in [0.717, 1.165) is 6.54 Å². The van der Waals surface area contributed by atoms with Crippen molar-refractivity contribution in [2.75, 3.05) is 13.1 Å². The summed E-state index contributed by atoms with van der Waals surface area (Å²) in [6, 6.07) is -1.03. The molecule has 1 amide bonds. The minimum absolute atomic E-state index is 0.228. The van der Waals surface area contributed by atoms with E-state index in [9.17, 15) is 9.59 Å². The molecule has 0 aliphatic carbocycles. The second-order valence-electron chi connectivity index (χ2n) is 7.97. The number of piperidine rings is 1. The molecule has 0 spiro atoms. The average Bonchev–Trinajstić information content (AvgIpc) is 2.34. The van der Waals surface area contributed by atoms with Crippen molar-refractivity contribution in [3.05, 3.63) is 0 Å². The molecular weight excluding hydrogens is 298 g/mol. The first-order chi connectivity index (χ1) is 10.4. The lowest BCUT2D eigenvalue weighted by molar-refractivity contribution is -0.158. The molecule has 1 aliphatic rings. The monoisotopic (exact) mass is 329 g/mol. The Morgan fingerprint density at radius 1 is 1.13 bits per heavy atom. The Balaban J connectivity index is 2.70. The maximum atomic E-state index is 12.2. The van der Waals surface area contributed by atoms with Crippen LogP contribution in [0.3, 0.4) is 0 Å². The number of amides is 1. The fourth-order valence-electron chi connectivity index (χ4n) is 2.44. The number of esters is 1. The quantitative estimate of drug-likeness (QED) is 0.671. The topological polar surface area (TPSA) is 103 Å². The number of hydrogen-bond donors (Lipinski definition) is 3. The first kappa shape index (κ1) is 19.7. The Bertz CT molecular complexity index is 426. The molecule has 7 heteroatoms. The van der Waals surface area contributed by atoms with Gasteiger partial charge in [0, 0.05) is 18.5 Å². The lowest BCUT2D eigenvalue weighted by Gasteiger charge is -2.36. The highest BCUT2D eigenvalue weighted by molar-refractivity contribution is 5.77. The number of carbonyl (C=O) groups excluding carboxylic acids is 2. The van der Waals surface area contributed by atoms with E-state index in [1.807, 2.05) is 0 Å². The second kappa shape index (κ2) is 7.49. The molecule has 1 fully saturated rings. The van der Waals surface area contributed by atoms with E-state index in [1.54, 1.807) is 41.5 Å². The van der Waals surface area contributed by atoms with E-state index in [1.165, 1.54) is 0 Å². The van der Waals surface area contributed by atoms with Crippen LogP contribution in [0.5, 0.6) is 0 Å². The van der Waals surface area contributed by atoms with E-state index in [4.69, 9.17) is 15.2 Å². The van der Waals surface area contributed by atoms with Gasteiger partial charge in [0.15, 0.2) is 0 Å². The van der Waals surface area contributed by atoms with Crippen molar-refractivity contribution in [1.82, 2.24) is 10.6 Å². The maximum Gasteiger partial charge on any atom is 0.407 e. The van der Waals surface area contributed by atoms with E-state index < -0.39 is 29.3 Å². The Morgan fingerprint density at radius 3 is 2.22 bits per heavy atom. The third kappa shape index (κ3) is 7.18. The summed E-state index contributed by atoms with van der Waals surface area (Å²) in [5.41, 5.74) is 4.92. The first-order valence-electron chi connectivity index (χ1n) is 8.08. The van der Waals surface area contributed by atoms with Gasteiger partial charge in [-0.25, -0.2) is 4.79 Å². The molecule has 23 heavy (non-hydrogen) atoms. The Kier molecular flexibility index (Phi) is 6.41. The van der Waals surface area contributed by atoms with Crippen LogP contribution in [0.25, 0.3) is 0 Å². The van der Waals surface area contributed by atoms with Gasteiger partial charge in [0.25, 0.3) is 0 Å². The Morgan fingerprint density at radius 2 is 1.70 bits per heavy atom. The summed E-state index contributed by atoms with van der Waals surface area (Å²) < 4.78 is 10.6. The summed E-state index contributed by atoms with van der Waals surface area (Å²) in [5, 5.41) is 6.04. The molecule has 0 bridgehead atoms. The highest BCUT2D eigenvalue weighted by atomic mass is 16.6. The SMILES string of the molecule is CC(C)(C)OC(=O)NC1CCNCC1C(N)C(=O)OC(C)(C)C. The van der Waals surface area contributed by atoms with E-state index in [2.05, 4.69) is 10.6 Å². The summed E-state index contributed by atoms with van der Waals surface area (Å²) in [6.07, 6.45) is 0.186. The largest absolute Gasteiger partial charge is 0.459 e. The summed E-state index contributed by atoms with van der Waals surface area (Å²) in [5.74, 6) is -0.701. The fourth-order valence-corrected chi connectivity index (χ4v) is 2.44. The minimum atomic E-state index is -0.804. The van der Waals surface area contributed by atoms with Crippen LogP contribution in [0.4, 0.5) is 4.79 Å². The zero-order chi connectivity index (χ0) is 17.8. The first-order valence-corrected chi connectivity index (χ1v) is 8.08.